The van der Waals surface area contributed by atoms with E-state index in [0.717, 1.165) is 18.2 Å². The summed E-state index contributed by atoms with van der Waals surface area (Å²) < 4.78 is 5.13. The van der Waals surface area contributed by atoms with Crippen LogP contribution in [0, 0.1) is 0 Å². The Labute approximate surface area is 123 Å². The van der Waals surface area contributed by atoms with E-state index in [9.17, 15) is 9.59 Å². The first-order valence-electron chi connectivity index (χ1n) is 6.98. The van der Waals surface area contributed by atoms with Gasteiger partial charge in [-0.05, 0) is 40.8 Å². The molecule has 0 saturated heterocycles. The lowest BCUT2D eigenvalue weighted by Gasteiger charge is -2.12. The van der Waals surface area contributed by atoms with Crippen LogP contribution in [0.15, 0.2) is 30.3 Å². The van der Waals surface area contributed by atoms with Gasteiger partial charge in [-0.25, -0.2) is 4.79 Å². The summed E-state index contributed by atoms with van der Waals surface area (Å²) in [4.78, 5) is 25.1. The van der Waals surface area contributed by atoms with Gasteiger partial charge in [0.1, 0.15) is 0 Å². The Morgan fingerprint density at radius 3 is 2.52 bits per heavy atom. The van der Waals surface area contributed by atoms with Crippen molar-refractivity contribution < 1.29 is 14.3 Å². The molecule has 0 N–H and O–H groups in total. The third-order valence-electron chi connectivity index (χ3n) is 3.92. The van der Waals surface area contributed by atoms with Crippen molar-refractivity contribution in [1.82, 2.24) is 4.90 Å². The fraction of sp³-hybridized carbons (Fsp3) is 0.294. The van der Waals surface area contributed by atoms with Crippen molar-refractivity contribution in [2.24, 2.45) is 0 Å². The monoisotopic (exact) mass is 283 g/mol. The normalized spacial score (nSPS) is 12.5. The highest BCUT2D eigenvalue weighted by molar-refractivity contribution is 6.07. The highest BCUT2D eigenvalue weighted by atomic mass is 16.5. The molecule has 0 unspecified atom stereocenters. The summed E-state index contributed by atoms with van der Waals surface area (Å²) in [5, 5.41) is 2.09. The van der Waals surface area contributed by atoms with Crippen LogP contribution >= 0.6 is 0 Å². The molecule has 4 heteroatoms. The second-order valence-corrected chi connectivity index (χ2v) is 5.48. The van der Waals surface area contributed by atoms with Crippen LogP contribution < -0.4 is 0 Å². The molecular formula is C17H17NO3. The summed E-state index contributed by atoms with van der Waals surface area (Å²) >= 11 is 0. The number of ether oxygens (including phenoxy) is 1. The van der Waals surface area contributed by atoms with E-state index in [4.69, 9.17) is 4.74 Å². The molecule has 21 heavy (non-hydrogen) atoms. The third-order valence-corrected chi connectivity index (χ3v) is 3.92. The van der Waals surface area contributed by atoms with Gasteiger partial charge in [-0.3, -0.25) is 4.79 Å². The minimum atomic E-state index is -0.444. The van der Waals surface area contributed by atoms with Crippen LogP contribution in [-0.2, 0) is 22.4 Å². The summed E-state index contributed by atoms with van der Waals surface area (Å²) in [5.74, 6) is -0.671. The second kappa shape index (κ2) is 5.20. The average molecular weight is 283 g/mol. The van der Waals surface area contributed by atoms with Crippen LogP contribution in [0.25, 0.3) is 10.8 Å². The summed E-state index contributed by atoms with van der Waals surface area (Å²) in [6, 6.07) is 9.80. The number of amides is 1. The van der Waals surface area contributed by atoms with Crippen LogP contribution in [-0.4, -0.2) is 37.5 Å². The van der Waals surface area contributed by atoms with E-state index in [1.807, 2.05) is 18.2 Å². The number of hydrogen-bond acceptors (Lipinski definition) is 3. The molecule has 1 aliphatic rings. The molecule has 2 aromatic carbocycles. The Kier molecular flexibility index (Phi) is 3.37. The van der Waals surface area contributed by atoms with Gasteiger partial charge in [-0.2, -0.15) is 0 Å². The van der Waals surface area contributed by atoms with E-state index in [1.54, 1.807) is 20.2 Å². The molecule has 4 nitrogen and oxygen atoms in total. The van der Waals surface area contributed by atoms with E-state index >= 15 is 0 Å². The van der Waals surface area contributed by atoms with Gasteiger partial charge in [0, 0.05) is 14.1 Å². The number of aryl methyl sites for hydroxylation is 2. The number of carbonyl (C=O) groups excluding carboxylic acids is 2. The molecule has 0 fully saturated rings. The van der Waals surface area contributed by atoms with Crippen LogP contribution in [0.1, 0.15) is 21.5 Å². The van der Waals surface area contributed by atoms with Gasteiger partial charge in [0.05, 0.1) is 5.56 Å². The van der Waals surface area contributed by atoms with Crippen molar-refractivity contribution in [3.63, 3.8) is 0 Å². The van der Waals surface area contributed by atoms with E-state index in [1.165, 1.54) is 21.4 Å². The van der Waals surface area contributed by atoms with Gasteiger partial charge in [-0.15, -0.1) is 0 Å². The molecule has 0 atom stereocenters. The molecule has 0 aromatic heterocycles. The molecule has 0 heterocycles. The zero-order valence-corrected chi connectivity index (χ0v) is 12.2. The zero-order chi connectivity index (χ0) is 15.0. The molecule has 0 bridgehead atoms. The molecule has 1 aliphatic carbocycles. The van der Waals surface area contributed by atoms with Crippen LogP contribution in [0.5, 0.6) is 0 Å². The van der Waals surface area contributed by atoms with Crippen molar-refractivity contribution in [2.75, 3.05) is 20.7 Å². The number of esters is 1. The Hall–Kier alpha value is -2.36. The summed E-state index contributed by atoms with van der Waals surface area (Å²) in [7, 11) is 3.27. The Morgan fingerprint density at radius 2 is 1.81 bits per heavy atom. The number of carbonyl (C=O) groups is 2. The lowest BCUT2D eigenvalue weighted by Crippen LogP contribution is -2.27. The summed E-state index contributed by atoms with van der Waals surface area (Å²) in [6.07, 6.45) is 2.04. The largest absolute Gasteiger partial charge is 0.452 e. The van der Waals surface area contributed by atoms with Crippen molar-refractivity contribution in [3.05, 3.63) is 47.0 Å². The third kappa shape index (κ3) is 2.37. The molecule has 2 aromatic rings. The van der Waals surface area contributed by atoms with Gasteiger partial charge >= 0.3 is 5.97 Å². The SMILES string of the molecule is CN(C)C(=O)COC(=O)c1ccc2c3c(cccc13)CC2. The maximum atomic E-state index is 12.2. The van der Waals surface area contributed by atoms with Crippen molar-refractivity contribution >= 4 is 22.6 Å². The summed E-state index contributed by atoms with van der Waals surface area (Å²) in [5.41, 5.74) is 3.09. The first kappa shape index (κ1) is 13.6. The Morgan fingerprint density at radius 1 is 1.10 bits per heavy atom. The Balaban J connectivity index is 1.91. The van der Waals surface area contributed by atoms with Crippen LogP contribution in [0.4, 0.5) is 0 Å². The molecule has 0 spiro atoms. The van der Waals surface area contributed by atoms with E-state index in [-0.39, 0.29) is 12.5 Å². The first-order valence-corrected chi connectivity index (χ1v) is 6.98. The van der Waals surface area contributed by atoms with E-state index < -0.39 is 5.97 Å². The predicted molar refractivity (Wildman–Crippen MR) is 80.3 cm³/mol. The van der Waals surface area contributed by atoms with Crippen molar-refractivity contribution in [2.45, 2.75) is 12.8 Å². The lowest BCUT2D eigenvalue weighted by molar-refractivity contribution is -0.131. The second-order valence-electron chi connectivity index (χ2n) is 5.48. The molecule has 0 saturated carbocycles. The highest BCUT2D eigenvalue weighted by Crippen LogP contribution is 2.32. The van der Waals surface area contributed by atoms with Crippen LogP contribution in [0.3, 0.4) is 0 Å². The number of rotatable bonds is 3. The van der Waals surface area contributed by atoms with Gasteiger partial charge in [0.25, 0.3) is 5.91 Å². The first-order chi connectivity index (χ1) is 10.1. The lowest BCUT2D eigenvalue weighted by atomic mass is 10.00. The topological polar surface area (TPSA) is 46.6 Å². The zero-order valence-electron chi connectivity index (χ0n) is 12.2. The molecule has 0 radical (unpaired) electrons. The predicted octanol–water partition coefficient (Wildman–Crippen LogP) is 2.18. The quantitative estimate of drug-likeness (QED) is 0.811. The van der Waals surface area contributed by atoms with Gasteiger partial charge in [-0.1, -0.05) is 24.3 Å². The molecule has 3 rings (SSSR count). The summed E-state index contributed by atoms with van der Waals surface area (Å²) in [6.45, 7) is -0.227. The maximum Gasteiger partial charge on any atom is 0.339 e. The number of hydrogen-bond donors (Lipinski definition) is 0. The van der Waals surface area contributed by atoms with E-state index in [0.29, 0.717) is 5.56 Å². The Bertz CT molecular complexity index is 724. The number of likely N-dealkylation sites (N-methyl/N-ethyl adjacent to an activating group) is 1. The fourth-order valence-corrected chi connectivity index (χ4v) is 2.76. The minimum absolute atomic E-state index is 0.227. The number of benzene rings is 2. The van der Waals surface area contributed by atoms with E-state index in [2.05, 4.69) is 6.07 Å². The van der Waals surface area contributed by atoms with Crippen molar-refractivity contribution in [3.8, 4) is 0 Å². The molecule has 108 valence electrons. The maximum absolute atomic E-state index is 12.2. The van der Waals surface area contributed by atoms with Gasteiger partial charge < -0.3 is 9.64 Å². The molecule has 1 amide bonds. The average Bonchev–Trinajstić information content (AvgIpc) is 2.90. The van der Waals surface area contributed by atoms with Crippen molar-refractivity contribution in [1.29, 1.82) is 0 Å². The number of nitrogens with zero attached hydrogens (tertiary/aromatic N) is 1. The van der Waals surface area contributed by atoms with Crippen LogP contribution in [0.2, 0.25) is 0 Å². The molecule has 0 aliphatic heterocycles. The smallest absolute Gasteiger partial charge is 0.339 e. The van der Waals surface area contributed by atoms with Gasteiger partial charge in [0.2, 0.25) is 0 Å². The fourth-order valence-electron chi connectivity index (χ4n) is 2.76. The van der Waals surface area contributed by atoms with Gasteiger partial charge in [0.15, 0.2) is 6.61 Å². The highest BCUT2D eigenvalue weighted by Gasteiger charge is 2.20. The molecular weight excluding hydrogens is 266 g/mol. The minimum Gasteiger partial charge on any atom is -0.452 e. The standard InChI is InChI=1S/C17H17NO3/c1-18(2)15(19)10-21-17(20)14-9-8-12-7-6-11-4-3-5-13(14)16(11)12/h3-5,8-9H,6-7,10H2,1-2H3.